The van der Waals surface area contributed by atoms with E-state index in [1.54, 1.807) is 13.1 Å². The summed E-state index contributed by atoms with van der Waals surface area (Å²) >= 11 is 0. The molecule has 244 valence electrons. The number of primary amides is 1. The van der Waals surface area contributed by atoms with Crippen molar-refractivity contribution in [2.75, 3.05) is 19.0 Å². The number of Topliss-reactive ketones (excluding diaryl/α,β-unsaturated/α-hetero) is 1. The standard InChI is InChI=1S/C23H24O.C11H16N2O.C2H6.CH3NO.CH4O/c1-3-18(15-16-24)19-11-13-20(14-12-19)22-9-5-4-8-21-17(2)7-6-10-23(21)22;1-9-5-7-13-11(8-9)12-6-3-4-10(2)14;1-2;2-1-3;1-2/h4-7,9-14,16,18H,3,8,15H2,1-2H3;5,7-8H,3-4,6H2,1-2H3,(H,12,13);1-2H3;1H,(H2,2,3);2H,1H3. The van der Waals surface area contributed by atoms with Gasteiger partial charge in [0.2, 0.25) is 6.41 Å². The first-order valence-corrected chi connectivity index (χ1v) is 15.6. The number of aliphatic hydroxyl groups is 1. The Hall–Kier alpha value is -4.36. The molecule has 7 heteroatoms. The number of nitrogens with one attached hydrogen (secondary N) is 1. The van der Waals surface area contributed by atoms with Crippen LogP contribution in [-0.2, 0) is 20.8 Å². The highest BCUT2D eigenvalue weighted by Crippen LogP contribution is 2.32. The van der Waals surface area contributed by atoms with Crippen LogP contribution in [0.2, 0.25) is 0 Å². The normalized spacial score (nSPS) is 11.3. The Labute approximate surface area is 270 Å². The van der Waals surface area contributed by atoms with Crippen LogP contribution in [0, 0.1) is 13.8 Å². The van der Waals surface area contributed by atoms with Gasteiger partial charge in [-0.25, -0.2) is 4.98 Å². The summed E-state index contributed by atoms with van der Waals surface area (Å²) in [6, 6.07) is 19.2. The van der Waals surface area contributed by atoms with Crippen molar-refractivity contribution in [3.63, 3.8) is 0 Å². The first kappa shape index (κ1) is 40.6. The number of aryl methyl sites for hydroxylation is 2. The van der Waals surface area contributed by atoms with E-state index in [0.29, 0.717) is 18.8 Å². The van der Waals surface area contributed by atoms with Gasteiger partial charge in [0.15, 0.2) is 0 Å². The van der Waals surface area contributed by atoms with Crippen molar-refractivity contribution >= 4 is 29.9 Å². The number of ketones is 1. The summed E-state index contributed by atoms with van der Waals surface area (Å²) in [6.07, 6.45) is 13.7. The summed E-state index contributed by atoms with van der Waals surface area (Å²) in [5.41, 5.74) is 13.2. The lowest BCUT2D eigenvalue weighted by Gasteiger charge is -2.16. The average molecular weight is 616 g/mol. The van der Waals surface area contributed by atoms with E-state index in [0.717, 1.165) is 45.0 Å². The molecule has 1 atom stereocenters. The van der Waals surface area contributed by atoms with E-state index < -0.39 is 0 Å². The highest BCUT2D eigenvalue weighted by Gasteiger charge is 2.14. The second-order valence-corrected chi connectivity index (χ2v) is 10.0. The summed E-state index contributed by atoms with van der Waals surface area (Å²) in [5, 5.41) is 10.2. The van der Waals surface area contributed by atoms with Crippen molar-refractivity contribution in [2.24, 2.45) is 5.73 Å². The molecule has 7 nitrogen and oxygen atoms in total. The fourth-order valence-electron chi connectivity index (χ4n) is 4.69. The Bertz CT molecular complexity index is 1330. The number of fused-ring (bicyclic) bond motifs is 1. The molecule has 0 saturated carbocycles. The number of aromatic nitrogens is 1. The van der Waals surface area contributed by atoms with Crippen LogP contribution in [0.15, 0.2) is 79.0 Å². The van der Waals surface area contributed by atoms with Gasteiger partial charge in [-0.2, -0.15) is 0 Å². The van der Waals surface area contributed by atoms with Crippen molar-refractivity contribution in [1.29, 1.82) is 0 Å². The second kappa shape index (κ2) is 25.0. The molecule has 0 bridgehead atoms. The number of rotatable bonds is 10. The fourth-order valence-corrected chi connectivity index (χ4v) is 4.69. The van der Waals surface area contributed by atoms with Gasteiger partial charge in [0.1, 0.15) is 17.9 Å². The molecule has 3 aromatic rings. The Morgan fingerprint density at radius 2 is 1.73 bits per heavy atom. The zero-order valence-electron chi connectivity index (χ0n) is 28.2. The van der Waals surface area contributed by atoms with Gasteiger partial charge < -0.3 is 25.7 Å². The molecule has 4 rings (SSSR count). The highest BCUT2D eigenvalue weighted by atomic mass is 16.2. The molecule has 2 aromatic carbocycles. The van der Waals surface area contributed by atoms with Gasteiger partial charge in [-0.3, -0.25) is 4.79 Å². The molecular formula is C38H53N3O4. The van der Waals surface area contributed by atoms with E-state index in [2.05, 4.69) is 90.6 Å². The van der Waals surface area contributed by atoms with Crippen molar-refractivity contribution in [3.05, 3.63) is 112 Å². The van der Waals surface area contributed by atoms with Crippen LogP contribution in [0.4, 0.5) is 5.82 Å². The number of benzene rings is 2. The zero-order valence-corrected chi connectivity index (χ0v) is 28.2. The molecule has 4 N–H and O–H groups in total. The average Bonchev–Trinajstić information content (AvgIpc) is 3.28. The summed E-state index contributed by atoms with van der Waals surface area (Å²) in [5.74, 6) is 1.45. The third kappa shape index (κ3) is 15.3. The summed E-state index contributed by atoms with van der Waals surface area (Å²) < 4.78 is 0. The molecule has 0 aliphatic heterocycles. The quantitative estimate of drug-likeness (QED) is 0.160. The van der Waals surface area contributed by atoms with Crippen LogP contribution in [0.1, 0.15) is 92.7 Å². The van der Waals surface area contributed by atoms with E-state index in [9.17, 15) is 9.59 Å². The molecule has 0 spiro atoms. The molecule has 0 fully saturated rings. The topological polar surface area (TPSA) is 122 Å². The minimum absolute atomic E-state index is 0.240. The van der Waals surface area contributed by atoms with E-state index in [1.165, 1.54) is 39.0 Å². The van der Waals surface area contributed by atoms with E-state index >= 15 is 0 Å². The van der Waals surface area contributed by atoms with Gasteiger partial charge in [-0.1, -0.05) is 81.5 Å². The van der Waals surface area contributed by atoms with E-state index in [-0.39, 0.29) is 12.2 Å². The van der Waals surface area contributed by atoms with Crippen molar-refractivity contribution in [2.45, 2.75) is 79.6 Å². The molecule has 1 heterocycles. The lowest BCUT2D eigenvalue weighted by atomic mass is 9.88. The smallest absolute Gasteiger partial charge is 0.204 e. The van der Waals surface area contributed by atoms with Gasteiger partial charge in [0.05, 0.1) is 0 Å². The van der Waals surface area contributed by atoms with Crippen LogP contribution in [0.25, 0.3) is 5.57 Å². The molecule has 0 saturated heterocycles. The molecule has 1 amide bonds. The van der Waals surface area contributed by atoms with Crippen molar-refractivity contribution < 1.29 is 19.5 Å². The van der Waals surface area contributed by atoms with Crippen LogP contribution in [0.5, 0.6) is 0 Å². The molecule has 1 aromatic heterocycles. The van der Waals surface area contributed by atoms with Gasteiger partial charge in [0, 0.05) is 32.7 Å². The van der Waals surface area contributed by atoms with E-state index in [4.69, 9.17) is 9.90 Å². The Kier molecular flexibility index (Phi) is 22.6. The van der Waals surface area contributed by atoms with Crippen LogP contribution < -0.4 is 11.1 Å². The monoisotopic (exact) mass is 615 g/mol. The first-order valence-electron chi connectivity index (χ1n) is 15.6. The van der Waals surface area contributed by atoms with Crippen LogP contribution in [-0.4, -0.2) is 42.2 Å². The summed E-state index contributed by atoms with van der Waals surface area (Å²) in [4.78, 5) is 34.3. The number of nitrogens with zero attached hydrogens (tertiary/aromatic N) is 1. The zero-order chi connectivity index (χ0) is 34.0. The first-order chi connectivity index (χ1) is 21.8. The maximum Gasteiger partial charge on any atom is 0.204 e. The molecular weight excluding hydrogens is 562 g/mol. The largest absolute Gasteiger partial charge is 0.400 e. The molecule has 0 radical (unpaired) electrons. The molecule has 1 aliphatic rings. The third-order valence-electron chi connectivity index (χ3n) is 6.92. The summed E-state index contributed by atoms with van der Waals surface area (Å²) in [6.45, 7) is 12.8. The Morgan fingerprint density at radius 3 is 2.31 bits per heavy atom. The number of aliphatic hydroxyl groups excluding tert-OH is 1. The second-order valence-electron chi connectivity index (χ2n) is 10.0. The Morgan fingerprint density at radius 1 is 1.07 bits per heavy atom. The number of amides is 1. The van der Waals surface area contributed by atoms with Gasteiger partial charge in [0.25, 0.3) is 0 Å². The van der Waals surface area contributed by atoms with Gasteiger partial charge in [-0.05, 0) is 97.0 Å². The van der Waals surface area contributed by atoms with Crippen molar-refractivity contribution in [3.8, 4) is 0 Å². The van der Waals surface area contributed by atoms with Crippen molar-refractivity contribution in [1.82, 2.24) is 4.98 Å². The summed E-state index contributed by atoms with van der Waals surface area (Å²) in [7, 11) is 1.00. The predicted molar refractivity (Wildman–Crippen MR) is 188 cm³/mol. The third-order valence-corrected chi connectivity index (χ3v) is 6.92. The number of anilines is 1. The number of aldehydes is 1. The Balaban J connectivity index is 0.000000785. The number of nitrogens with two attached hydrogens (primary N) is 1. The number of allylic oxidation sites excluding steroid dienone is 3. The molecule has 1 unspecified atom stereocenters. The lowest BCUT2D eigenvalue weighted by molar-refractivity contribution is -0.117. The highest BCUT2D eigenvalue weighted by molar-refractivity contribution is 5.83. The number of carbonyl (C=O) groups is 3. The van der Waals surface area contributed by atoms with Gasteiger partial charge in [-0.15, -0.1) is 0 Å². The molecule has 1 aliphatic carbocycles. The number of hydrogen-bond donors (Lipinski definition) is 3. The van der Waals surface area contributed by atoms with E-state index in [1.807, 2.05) is 32.9 Å². The maximum atomic E-state index is 10.9. The van der Waals surface area contributed by atoms with Gasteiger partial charge >= 0.3 is 0 Å². The number of hydrogen-bond acceptors (Lipinski definition) is 6. The predicted octanol–water partition coefficient (Wildman–Crippen LogP) is 7.53. The molecule has 45 heavy (non-hydrogen) atoms. The number of pyridine rings is 1. The SMILES string of the molecule is CC.CC(=O)CCCNc1cc(C)ccn1.CCC(CC=O)c1ccc(C2=CC=CCc3c(C)cccc32)cc1.CO.NC=O. The number of carbonyl (C=O) groups excluding carboxylic acids is 3. The van der Waals surface area contributed by atoms with Crippen LogP contribution >= 0.6 is 0 Å². The van der Waals surface area contributed by atoms with Crippen LogP contribution in [0.3, 0.4) is 0 Å². The minimum Gasteiger partial charge on any atom is -0.400 e. The fraction of sp³-hybridized carbons (Fsp3) is 0.368. The minimum atomic E-state index is 0.240. The lowest BCUT2D eigenvalue weighted by Crippen LogP contribution is -2.04. The maximum absolute atomic E-state index is 10.9.